The second-order valence-corrected chi connectivity index (χ2v) is 4.73. The first-order valence-electron chi connectivity index (χ1n) is 5.90. The Hall–Kier alpha value is -1.07. The van der Waals surface area contributed by atoms with Crippen molar-refractivity contribution in [3.8, 4) is 0 Å². The Morgan fingerprint density at radius 2 is 2.53 bits per heavy atom. The van der Waals surface area contributed by atoms with E-state index in [1.807, 2.05) is 0 Å². The first-order chi connectivity index (χ1) is 8.20. The van der Waals surface area contributed by atoms with Gasteiger partial charge in [0.1, 0.15) is 5.02 Å². The molecule has 1 aromatic heterocycles. The number of halogens is 1. The lowest BCUT2D eigenvalue weighted by atomic mass is 10.1. The van der Waals surface area contributed by atoms with Crippen molar-refractivity contribution in [2.75, 3.05) is 31.5 Å². The van der Waals surface area contributed by atoms with E-state index in [4.69, 9.17) is 11.6 Å². The van der Waals surface area contributed by atoms with Crippen molar-refractivity contribution in [1.82, 2.24) is 15.1 Å². The molecule has 0 aromatic carbocycles. The van der Waals surface area contributed by atoms with E-state index in [1.165, 1.54) is 6.42 Å². The van der Waals surface area contributed by atoms with Gasteiger partial charge in [-0.1, -0.05) is 18.5 Å². The van der Waals surface area contributed by atoms with E-state index < -0.39 is 0 Å². The summed E-state index contributed by atoms with van der Waals surface area (Å²) in [6, 6.07) is 0. The van der Waals surface area contributed by atoms with Crippen LogP contribution >= 0.6 is 11.6 Å². The maximum absolute atomic E-state index is 11.2. The summed E-state index contributed by atoms with van der Waals surface area (Å²) in [6.07, 6.45) is 2.74. The van der Waals surface area contributed by atoms with Crippen LogP contribution in [-0.2, 0) is 0 Å². The van der Waals surface area contributed by atoms with Crippen molar-refractivity contribution in [3.05, 3.63) is 21.6 Å². The summed E-state index contributed by atoms with van der Waals surface area (Å²) >= 11 is 5.88. The lowest BCUT2D eigenvalue weighted by Gasteiger charge is -2.14. The fourth-order valence-corrected chi connectivity index (χ4v) is 2.29. The van der Waals surface area contributed by atoms with Gasteiger partial charge in [0.2, 0.25) is 0 Å². The summed E-state index contributed by atoms with van der Waals surface area (Å²) in [6.45, 7) is 6.38. The van der Waals surface area contributed by atoms with E-state index in [0.717, 1.165) is 26.2 Å². The fraction of sp³-hybridized carbons (Fsp3) is 0.636. The normalized spacial score (nSPS) is 20.7. The van der Waals surface area contributed by atoms with Crippen molar-refractivity contribution in [2.24, 2.45) is 5.92 Å². The molecular formula is C11H17ClN4O. The topological polar surface area (TPSA) is 61.0 Å². The first kappa shape index (κ1) is 12.4. The van der Waals surface area contributed by atoms with Gasteiger partial charge in [-0.15, -0.1) is 0 Å². The Kier molecular flexibility index (Phi) is 4.02. The average Bonchev–Trinajstić information content (AvgIpc) is 2.79. The molecule has 2 N–H and O–H groups in total. The van der Waals surface area contributed by atoms with E-state index in [0.29, 0.717) is 11.6 Å². The Morgan fingerprint density at radius 3 is 3.24 bits per heavy atom. The van der Waals surface area contributed by atoms with Gasteiger partial charge in [0.05, 0.1) is 11.9 Å². The number of rotatable bonds is 4. The maximum atomic E-state index is 11.2. The third kappa shape index (κ3) is 2.98. The minimum Gasteiger partial charge on any atom is -0.382 e. The molecule has 1 atom stereocenters. The Labute approximate surface area is 105 Å². The van der Waals surface area contributed by atoms with E-state index in [-0.39, 0.29) is 10.6 Å². The van der Waals surface area contributed by atoms with E-state index in [1.54, 1.807) is 6.20 Å². The largest absolute Gasteiger partial charge is 0.382 e. The van der Waals surface area contributed by atoms with Gasteiger partial charge in [-0.25, -0.2) is 5.10 Å². The molecule has 1 aromatic rings. The van der Waals surface area contributed by atoms with Crippen molar-refractivity contribution >= 4 is 17.3 Å². The lowest BCUT2D eigenvalue weighted by molar-refractivity contribution is 0.345. The molecule has 1 fully saturated rings. The van der Waals surface area contributed by atoms with Gasteiger partial charge in [0.25, 0.3) is 5.56 Å². The lowest BCUT2D eigenvalue weighted by Crippen LogP contribution is -2.23. The van der Waals surface area contributed by atoms with Crippen molar-refractivity contribution in [3.63, 3.8) is 0 Å². The quantitative estimate of drug-likeness (QED) is 0.849. The second kappa shape index (κ2) is 5.51. The zero-order valence-corrected chi connectivity index (χ0v) is 10.6. The van der Waals surface area contributed by atoms with Crippen molar-refractivity contribution in [1.29, 1.82) is 0 Å². The Bertz CT molecular complexity index is 434. The van der Waals surface area contributed by atoms with Crippen LogP contribution in [0.15, 0.2) is 11.0 Å². The molecule has 0 saturated carbocycles. The summed E-state index contributed by atoms with van der Waals surface area (Å²) < 4.78 is 0. The highest BCUT2D eigenvalue weighted by Crippen LogP contribution is 2.19. The minimum atomic E-state index is -0.349. The van der Waals surface area contributed by atoms with Gasteiger partial charge in [0, 0.05) is 13.1 Å². The van der Waals surface area contributed by atoms with Crippen LogP contribution in [0.2, 0.25) is 5.02 Å². The predicted molar refractivity (Wildman–Crippen MR) is 68.6 cm³/mol. The second-order valence-electron chi connectivity index (χ2n) is 4.36. The third-order valence-electron chi connectivity index (χ3n) is 3.19. The predicted octanol–water partition coefficient (Wildman–Crippen LogP) is 1.18. The first-order valence-corrected chi connectivity index (χ1v) is 6.28. The number of hydrogen-bond acceptors (Lipinski definition) is 4. The molecule has 0 spiro atoms. The average molecular weight is 257 g/mol. The Balaban J connectivity index is 1.90. The van der Waals surface area contributed by atoms with Crippen LogP contribution in [0.25, 0.3) is 0 Å². The molecule has 5 nitrogen and oxygen atoms in total. The number of hydrogen-bond donors (Lipinski definition) is 2. The van der Waals surface area contributed by atoms with Crippen LogP contribution in [0.5, 0.6) is 0 Å². The maximum Gasteiger partial charge on any atom is 0.285 e. The smallest absolute Gasteiger partial charge is 0.285 e. The molecule has 17 heavy (non-hydrogen) atoms. The van der Waals surface area contributed by atoms with Gasteiger partial charge >= 0.3 is 0 Å². The number of aromatic nitrogens is 2. The highest BCUT2D eigenvalue weighted by molar-refractivity contribution is 6.32. The van der Waals surface area contributed by atoms with E-state index in [2.05, 4.69) is 27.3 Å². The number of H-pyrrole nitrogens is 1. The number of anilines is 1. The third-order valence-corrected chi connectivity index (χ3v) is 3.57. The summed E-state index contributed by atoms with van der Waals surface area (Å²) in [5.74, 6) is 0.616. The van der Waals surface area contributed by atoms with Crippen LogP contribution in [0.3, 0.4) is 0 Å². The highest BCUT2D eigenvalue weighted by atomic mass is 35.5. The molecule has 2 heterocycles. The zero-order chi connectivity index (χ0) is 12.3. The van der Waals surface area contributed by atoms with Crippen molar-refractivity contribution < 1.29 is 0 Å². The molecule has 0 bridgehead atoms. The summed E-state index contributed by atoms with van der Waals surface area (Å²) in [5.41, 5.74) is 0.267. The van der Waals surface area contributed by atoms with Crippen LogP contribution in [-0.4, -0.2) is 41.3 Å². The summed E-state index contributed by atoms with van der Waals surface area (Å²) in [7, 11) is 0. The molecule has 1 saturated heterocycles. The fourth-order valence-electron chi connectivity index (χ4n) is 2.13. The molecule has 0 aliphatic carbocycles. The van der Waals surface area contributed by atoms with Gasteiger partial charge in [-0.3, -0.25) is 4.79 Å². The molecule has 0 amide bonds. The standard InChI is InChI=1S/C11H17ClN4O/c1-2-16-4-3-8(7-16)5-13-9-6-14-15-11(17)10(9)12/h6,8H,2-5,7H2,1H3,(H2,13,15,17). The van der Waals surface area contributed by atoms with E-state index >= 15 is 0 Å². The van der Waals surface area contributed by atoms with Crippen LogP contribution in [0.1, 0.15) is 13.3 Å². The minimum absolute atomic E-state index is 0.186. The van der Waals surface area contributed by atoms with Crippen LogP contribution in [0, 0.1) is 5.92 Å². The number of nitrogens with zero attached hydrogens (tertiary/aromatic N) is 2. The van der Waals surface area contributed by atoms with Crippen molar-refractivity contribution in [2.45, 2.75) is 13.3 Å². The number of aromatic amines is 1. The van der Waals surface area contributed by atoms with Gasteiger partial charge < -0.3 is 10.2 Å². The molecular weight excluding hydrogens is 240 g/mol. The summed E-state index contributed by atoms with van der Waals surface area (Å²) in [4.78, 5) is 13.7. The molecule has 6 heteroatoms. The molecule has 0 radical (unpaired) electrons. The van der Waals surface area contributed by atoms with Gasteiger partial charge in [-0.2, -0.15) is 5.10 Å². The zero-order valence-electron chi connectivity index (χ0n) is 9.87. The molecule has 94 valence electrons. The highest BCUT2D eigenvalue weighted by Gasteiger charge is 2.21. The van der Waals surface area contributed by atoms with Crippen LogP contribution < -0.4 is 10.9 Å². The molecule has 2 rings (SSSR count). The monoisotopic (exact) mass is 256 g/mol. The molecule has 1 aliphatic rings. The summed E-state index contributed by atoms with van der Waals surface area (Å²) in [5, 5.41) is 9.41. The molecule has 1 unspecified atom stereocenters. The van der Waals surface area contributed by atoms with E-state index in [9.17, 15) is 4.79 Å². The SMILES string of the molecule is CCN1CCC(CNc2cn[nH]c(=O)c2Cl)C1. The van der Waals surface area contributed by atoms with Gasteiger partial charge in [0.15, 0.2) is 0 Å². The number of nitrogens with one attached hydrogen (secondary N) is 2. The Morgan fingerprint density at radius 1 is 1.71 bits per heavy atom. The molecule has 1 aliphatic heterocycles. The number of likely N-dealkylation sites (tertiary alicyclic amines) is 1. The van der Waals surface area contributed by atoms with Gasteiger partial charge in [-0.05, 0) is 25.4 Å². The van der Waals surface area contributed by atoms with Crippen LogP contribution in [0.4, 0.5) is 5.69 Å².